The molecule has 0 bridgehead atoms. The second-order valence-corrected chi connectivity index (χ2v) is 2.72. The van der Waals surface area contributed by atoms with E-state index in [1.807, 2.05) is 0 Å². The lowest BCUT2D eigenvalue weighted by Crippen LogP contribution is -1.98. The van der Waals surface area contributed by atoms with Crippen LogP contribution in [0.5, 0.6) is 5.75 Å². The zero-order valence-corrected chi connectivity index (χ0v) is 8.15. The Labute approximate surface area is 87.1 Å². The molecule has 0 aliphatic rings. The van der Waals surface area contributed by atoms with Gasteiger partial charge in [-0.25, -0.2) is 4.79 Å². The van der Waals surface area contributed by atoms with Crippen LogP contribution in [0, 0.1) is 11.8 Å². The first-order chi connectivity index (χ1) is 7.17. The lowest BCUT2D eigenvalue weighted by molar-refractivity contribution is 0.0696. The number of aliphatic hydroxyl groups excluding tert-OH is 1. The molecule has 1 rings (SSSR count). The van der Waals surface area contributed by atoms with E-state index >= 15 is 0 Å². The van der Waals surface area contributed by atoms with E-state index in [9.17, 15) is 4.79 Å². The van der Waals surface area contributed by atoms with E-state index in [1.165, 1.54) is 19.2 Å². The largest absolute Gasteiger partial charge is 0.497 e. The van der Waals surface area contributed by atoms with E-state index in [0.29, 0.717) is 11.3 Å². The molecule has 0 atom stereocenters. The molecule has 0 saturated heterocycles. The standard InChI is InChI=1S/C11H10O4/c1-15-10-6-8(3-2-4-12)5-9(7-10)11(13)14/h5-7,12H,4H2,1H3,(H,13,14). The normalized spacial score (nSPS) is 8.93. The first-order valence-electron chi connectivity index (χ1n) is 4.19. The molecular weight excluding hydrogens is 196 g/mol. The molecule has 0 spiro atoms. The first-order valence-corrected chi connectivity index (χ1v) is 4.19. The van der Waals surface area contributed by atoms with Crippen LogP contribution in [0.1, 0.15) is 15.9 Å². The Morgan fingerprint density at radius 1 is 1.47 bits per heavy atom. The van der Waals surface area contributed by atoms with Crippen molar-refractivity contribution in [2.24, 2.45) is 0 Å². The Hall–Kier alpha value is -1.99. The smallest absolute Gasteiger partial charge is 0.335 e. The number of hydrogen-bond donors (Lipinski definition) is 2. The van der Waals surface area contributed by atoms with E-state index in [1.54, 1.807) is 6.07 Å². The Bertz CT molecular complexity index is 426. The second-order valence-electron chi connectivity index (χ2n) is 2.72. The molecule has 4 nitrogen and oxygen atoms in total. The Kier molecular flexibility index (Phi) is 3.72. The molecule has 0 amide bonds. The van der Waals surface area contributed by atoms with Gasteiger partial charge in [-0.1, -0.05) is 11.8 Å². The number of benzene rings is 1. The summed E-state index contributed by atoms with van der Waals surface area (Å²) in [5, 5.41) is 17.3. The van der Waals surface area contributed by atoms with Gasteiger partial charge in [0.2, 0.25) is 0 Å². The predicted octanol–water partition coefficient (Wildman–Crippen LogP) is 0.737. The van der Waals surface area contributed by atoms with Gasteiger partial charge in [0.25, 0.3) is 0 Å². The topological polar surface area (TPSA) is 66.8 Å². The van der Waals surface area contributed by atoms with Gasteiger partial charge in [-0.2, -0.15) is 0 Å². The summed E-state index contributed by atoms with van der Waals surface area (Å²) in [6.45, 7) is -0.264. The number of carboxylic acids is 1. The number of ether oxygens (including phenoxy) is 1. The highest BCUT2D eigenvalue weighted by Crippen LogP contribution is 2.16. The summed E-state index contributed by atoms with van der Waals surface area (Å²) in [4.78, 5) is 10.7. The number of aromatic carboxylic acids is 1. The van der Waals surface area contributed by atoms with Crippen LogP contribution in [-0.2, 0) is 0 Å². The third-order valence-electron chi connectivity index (χ3n) is 1.70. The van der Waals surface area contributed by atoms with Crippen molar-refractivity contribution in [2.45, 2.75) is 0 Å². The zero-order chi connectivity index (χ0) is 11.3. The number of rotatable bonds is 2. The summed E-state index contributed by atoms with van der Waals surface area (Å²) >= 11 is 0. The van der Waals surface area contributed by atoms with Crippen molar-refractivity contribution in [2.75, 3.05) is 13.7 Å². The number of hydrogen-bond acceptors (Lipinski definition) is 3. The van der Waals surface area contributed by atoms with Crippen LogP contribution in [0.4, 0.5) is 0 Å². The van der Waals surface area contributed by atoms with Crippen molar-refractivity contribution in [1.82, 2.24) is 0 Å². The molecule has 0 radical (unpaired) electrons. The van der Waals surface area contributed by atoms with E-state index in [-0.39, 0.29) is 12.2 Å². The van der Waals surface area contributed by atoms with Crippen molar-refractivity contribution >= 4 is 5.97 Å². The van der Waals surface area contributed by atoms with E-state index < -0.39 is 5.97 Å². The van der Waals surface area contributed by atoms with Gasteiger partial charge < -0.3 is 14.9 Å². The molecule has 1 aromatic rings. The highest BCUT2D eigenvalue weighted by Gasteiger charge is 2.05. The van der Waals surface area contributed by atoms with Crippen LogP contribution < -0.4 is 4.74 Å². The highest BCUT2D eigenvalue weighted by molar-refractivity contribution is 5.88. The molecular formula is C11H10O4. The maximum atomic E-state index is 10.7. The maximum Gasteiger partial charge on any atom is 0.335 e. The molecule has 0 aliphatic carbocycles. The van der Waals surface area contributed by atoms with E-state index in [2.05, 4.69) is 11.8 Å². The SMILES string of the molecule is COc1cc(C#CCO)cc(C(=O)O)c1. The summed E-state index contributed by atoms with van der Waals surface area (Å²) < 4.78 is 4.93. The van der Waals surface area contributed by atoms with Crippen molar-refractivity contribution < 1.29 is 19.7 Å². The molecule has 0 saturated carbocycles. The monoisotopic (exact) mass is 206 g/mol. The number of aliphatic hydroxyl groups is 1. The molecule has 0 unspecified atom stereocenters. The Morgan fingerprint density at radius 3 is 2.73 bits per heavy atom. The van der Waals surface area contributed by atoms with Crippen LogP contribution >= 0.6 is 0 Å². The van der Waals surface area contributed by atoms with E-state index in [4.69, 9.17) is 14.9 Å². The zero-order valence-electron chi connectivity index (χ0n) is 8.15. The van der Waals surface area contributed by atoms with Crippen LogP contribution in [0.3, 0.4) is 0 Å². The molecule has 2 N–H and O–H groups in total. The third kappa shape index (κ3) is 3.01. The quantitative estimate of drug-likeness (QED) is 0.700. The molecule has 0 aliphatic heterocycles. The average Bonchev–Trinajstić information content (AvgIpc) is 2.25. The lowest BCUT2D eigenvalue weighted by Gasteiger charge is -2.02. The second kappa shape index (κ2) is 5.03. The van der Waals surface area contributed by atoms with Gasteiger partial charge in [0.1, 0.15) is 12.4 Å². The van der Waals surface area contributed by atoms with Gasteiger partial charge in [0, 0.05) is 5.56 Å². The van der Waals surface area contributed by atoms with Crippen molar-refractivity contribution in [1.29, 1.82) is 0 Å². The Morgan fingerprint density at radius 2 is 2.20 bits per heavy atom. The summed E-state index contributed by atoms with van der Waals surface area (Å²) in [7, 11) is 1.45. The van der Waals surface area contributed by atoms with Gasteiger partial charge in [0.15, 0.2) is 0 Å². The minimum Gasteiger partial charge on any atom is -0.497 e. The predicted molar refractivity (Wildman–Crippen MR) is 53.9 cm³/mol. The Balaban J connectivity index is 3.17. The van der Waals surface area contributed by atoms with Crippen LogP contribution in [-0.4, -0.2) is 29.9 Å². The molecule has 0 heterocycles. The highest BCUT2D eigenvalue weighted by atomic mass is 16.5. The van der Waals surface area contributed by atoms with Gasteiger partial charge in [-0.05, 0) is 18.2 Å². The van der Waals surface area contributed by atoms with Crippen LogP contribution in [0.2, 0.25) is 0 Å². The lowest BCUT2D eigenvalue weighted by atomic mass is 10.1. The van der Waals surface area contributed by atoms with Crippen LogP contribution in [0.25, 0.3) is 0 Å². The molecule has 0 aromatic heterocycles. The van der Waals surface area contributed by atoms with Gasteiger partial charge >= 0.3 is 5.97 Å². The summed E-state index contributed by atoms with van der Waals surface area (Å²) in [6.07, 6.45) is 0. The summed E-state index contributed by atoms with van der Waals surface area (Å²) in [5.74, 6) is 4.45. The van der Waals surface area contributed by atoms with Crippen molar-refractivity contribution in [3.05, 3.63) is 29.3 Å². The molecule has 1 aromatic carbocycles. The van der Waals surface area contributed by atoms with Gasteiger partial charge in [-0.15, -0.1) is 0 Å². The summed E-state index contributed by atoms with van der Waals surface area (Å²) in [5.41, 5.74) is 0.609. The fourth-order valence-electron chi connectivity index (χ4n) is 1.05. The molecule has 4 heteroatoms. The van der Waals surface area contributed by atoms with Gasteiger partial charge in [0.05, 0.1) is 12.7 Å². The minimum atomic E-state index is -1.04. The molecule has 78 valence electrons. The van der Waals surface area contributed by atoms with Crippen LogP contribution in [0.15, 0.2) is 18.2 Å². The fraction of sp³-hybridized carbons (Fsp3) is 0.182. The summed E-state index contributed by atoms with van der Waals surface area (Å²) in [6, 6.07) is 4.44. The van der Waals surface area contributed by atoms with Gasteiger partial charge in [-0.3, -0.25) is 0 Å². The maximum absolute atomic E-state index is 10.7. The molecule has 15 heavy (non-hydrogen) atoms. The fourth-order valence-corrected chi connectivity index (χ4v) is 1.05. The number of carboxylic acid groups (broad SMARTS) is 1. The van der Waals surface area contributed by atoms with Crippen molar-refractivity contribution in [3.8, 4) is 17.6 Å². The third-order valence-corrected chi connectivity index (χ3v) is 1.70. The van der Waals surface area contributed by atoms with E-state index in [0.717, 1.165) is 0 Å². The number of carbonyl (C=O) groups is 1. The minimum absolute atomic E-state index is 0.108. The number of methoxy groups -OCH3 is 1. The first kappa shape index (κ1) is 11.1. The van der Waals surface area contributed by atoms with Crippen molar-refractivity contribution in [3.63, 3.8) is 0 Å². The molecule has 0 fully saturated rings. The average molecular weight is 206 g/mol.